The summed E-state index contributed by atoms with van der Waals surface area (Å²) in [5, 5.41) is 15.1. The average molecular weight is 275 g/mol. The third-order valence-corrected chi connectivity index (χ3v) is 3.59. The van der Waals surface area contributed by atoms with Crippen LogP contribution in [0.3, 0.4) is 0 Å². The summed E-state index contributed by atoms with van der Waals surface area (Å²) in [6, 6.07) is 6.32. The van der Waals surface area contributed by atoms with Gasteiger partial charge >= 0.3 is 0 Å². The topological polar surface area (TPSA) is 67.5 Å². The average Bonchev–Trinajstić information content (AvgIpc) is 2.34. The summed E-state index contributed by atoms with van der Waals surface area (Å²) in [5.74, 6) is 0.649. The van der Waals surface area contributed by atoms with Gasteiger partial charge in [-0.05, 0) is 42.7 Å². The number of hydrogen-bond donors (Lipinski definition) is 1. The van der Waals surface area contributed by atoms with Gasteiger partial charge in [-0.3, -0.25) is 15.5 Å². The molecule has 20 heavy (non-hydrogen) atoms. The highest BCUT2D eigenvalue weighted by Gasteiger charge is 2.29. The Morgan fingerprint density at radius 1 is 1.35 bits per heavy atom. The zero-order chi connectivity index (χ0) is 14.8. The van der Waals surface area contributed by atoms with Crippen LogP contribution < -0.4 is 5.43 Å². The summed E-state index contributed by atoms with van der Waals surface area (Å²) >= 11 is 0. The number of nitrogens with one attached hydrogen (secondary N) is 1. The fraction of sp³-hybridized carbons (Fsp3) is 0.533. The first-order valence-electron chi connectivity index (χ1n) is 6.92. The summed E-state index contributed by atoms with van der Waals surface area (Å²) < 4.78 is 0. The van der Waals surface area contributed by atoms with E-state index in [9.17, 15) is 10.1 Å². The van der Waals surface area contributed by atoms with E-state index in [1.165, 1.54) is 24.3 Å². The van der Waals surface area contributed by atoms with Crippen molar-refractivity contribution in [1.29, 1.82) is 0 Å². The molecule has 0 spiro atoms. The zero-order valence-electron chi connectivity index (χ0n) is 12.2. The van der Waals surface area contributed by atoms with Crippen LogP contribution in [0.25, 0.3) is 0 Å². The van der Waals surface area contributed by atoms with E-state index in [0.717, 1.165) is 18.5 Å². The van der Waals surface area contributed by atoms with Gasteiger partial charge in [0.15, 0.2) is 0 Å². The molecule has 1 aliphatic rings. The van der Waals surface area contributed by atoms with E-state index in [1.807, 2.05) is 0 Å². The van der Waals surface area contributed by atoms with Crippen molar-refractivity contribution in [2.45, 2.75) is 40.0 Å². The van der Waals surface area contributed by atoms with E-state index < -0.39 is 4.92 Å². The van der Waals surface area contributed by atoms with E-state index in [2.05, 4.69) is 31.3 Å². The number of nitrogens with zero attached hydrogens (tertiary/aromatic N) is 2. The molecule has 0 heterocycles. The molecule has 0 amide bonds. The van der Waals surface area contributed by atoms with Gasteiger partial charge in [0.25, 0.3) is 5.69 Å². The van der Waals surface area contributed by atoms with E-state index in [1.54, 1.807) is 12.1 Å². The van der Waals surface area contributed by atoms with Crippen LogP contribution in [0, 0.1) is 21.4 Å². The van der Waals surface area contributed by atoms with Crippen LogP contribution in [0.5, 0.6) is 0 Å². The molecule has 5 nitrogen and oxygen atoms in total. The number of benzene rings is 1. The number of hydrazone groups is 1. The standard InChI is InChI=1S/C15H21N3O2/c1-11-8-13(10-15(2,3)9-11)17-16-12-4-6-14(7-5-12)18(19)20/h4-7,11,16H,8-10H2,1-3H3/b17-13-/t11-/m1/s1. The predicted octanol–water partition coefficient (Wildman–Crippen LogP) is 4.21. The van der Waals surface area contributed by atoms with Crippen LogP contribution in [0.4, 0.5) is 11.4 Å². The Kier molecular flexibility index (Phi) is 4.06. The van der Waals surface area contributed by atoms with Gasteiger partial charge in [-0.15, -0.1) is 0 Å². The van der Waals surface area contributed by atoms with Crippen molar-refractivity contribution in [2.75, 3.05) is 5.43 Å². The van der Waals surface area contributed by atoms with E-state index in [0.29, 0.717) is 11.3 Å². The Balaban J connectivity index is 2.03. The molecule has 1 aromatic rings. The van der Waals surface area contributed by atoms with Crippen molar-refractivity contribution < 1.29 is 4.92 Å². The lowest BCUT2D eigenvalue weighted by Gasteiger charge is -2.34. The van der Waals surface area contributed by atoms with Gasteiger partial charge in [-0.25, -0.2) is 0 Å². The minimum Gasteiger partial charge on any atom is -0.279 e. The van der Waals surface area contributed by atoms with Crippen molar-refractivity contribution in [3.8, 4) is 0 Å². The summed E-state index contributed by atoms with van der Waals surface area (Å²) in [7, 11) is 0. The lowest BCUT2D eigenvalue weighted by molar-refractivity contribution is -0.384. The van der Waals surface area contributed by atoms with Crippen molar-refractivity contribution in [3.05, 3.63) is 34.4 Å². The maximum absolute atomic E-state index is 10.6. The number of anilines is 1. The van der Waals surface area contributed by atoms with Crippen molar-refractivity contribution in [2.24, 2.45) is 16.4 Å². The van der Waals surface area contributed by atoms with E-state index in [-0.39, 0.29) is 5.69 Å². The van der Waals surface area contributed by atoms with E-state index in [4.69, 9.17) is 0 Å². The molecule has 1 fully saturated rings. The maximum atomic E-state index is 10.6. The molecule has 0 radical (unpaired) electrons. The molecule has 0 aliphatic heterocycles. The van der Waals surface area contributed by atoms with Crippen LogP contribution in [0.15, 0.2) is 29.4 Å². The number of rotatable bonds is 3. The minimum absolute atomic E-state index is 0.0932. The fourth-order valence-corrected chi connectivity index (χ4v) is 3.00. The SMILES string of the molecule is C[C@@H]1C/C(=N/Nc2ccc([N+](=O)[O-])cc2)CC(C)(C)C1. The van der Waals surface area contributed by atoms with Gasteiger partial charge in [-0.2, -0.15) is 5.10 Å². The molecule has 1 saturated carbocycles. The molecule has 1 atom stereocenters. The first-order valence-corrected chi connectivity index (χ1v) is 6.92. The number of nitro benzene ring substituents is 1. The van der Waals surface area contributed by atoms with Crippen molar-refractivity contribution >= 4 is 17.1 Å². The van der Waals surface area contributed by atoms with Crippen LogP contribution >= 0.6 is 0 Å². The first kappa shape index (κ1) is 14.5. The van der Waals surface area contributed by atoms with Gasteiger partial charge < -0.3 is 0 Å². The Morgan fingerprint density at radius 2 is 2.00 bits per heavy atom. The van der Waals surface area contributed by atoms with Gasteiger partial charge in [0, 0.05) is 17.8 Å². The van der Waals surface area contributed by atoms with Gasteiger partial charge in [-0.1, -0.05) is 20.8 Å². The zero-order valence-corrected chi connectivity index (χ0v) is 12.2. The second-order valence-electron chi connectivity index (χ2n) is 6.45. The Morgan fingerprint density at radius 3 is 2.55 bits per heavy atom. The summed E-state index contributed by atoms with van der Waals surface area (Å²) in [6.45, 7) is 6.79. The molecule has 0 saturated heterocycles. The highest BCUT2D eigenvalue weighted by molar-refractivity contribution is 5.86. The summed E-state index contributed by atoms with van der Waals surface area (Å²) in [5.41, 5.74) is 5.35. The Hall–Kier alpha value is -1.91. The summed E-state index contributed by atoms with van der Waals surface area (Å²) in [6.07, 6.45) is 3.24. The Labute approximate surface area is 119 Å². The van der Waals surface area contributed by atoms with Crippen molar-refractivity contribution in [1.82, 2.24) is 0 Å². The molecule has 108 valence electrons. The highest BCUT2D eigenvalue weighted by Crippen LogP contribution is 2.37. The molecule has 2 rings (SSSR count). The van der Waals surface area contributed by atoms with Gasteiger partial charge in [0.1, 0.15) is 0 Å². The number of non-ortho nitro benzene ring substituents is 1. The van der Waals surface area contributed by atoms with Crippen LogP contribution in [-0.4, -0.2) is 10.6 Å². The van der Waals surface area contributed by atoms with Crippen LogP contribution in [-0.2, 0) is 0 Å². The third kappa shape index (κ3) is 3.79. The molecule has 5 heteroatoms. The highest BCUT2D eigenvalue weighted by atomic mass is 16.6. The van der Waals surface area contributed by atoms with Gasteiger partial charge in [0.2, 0.25) is 0 Å². The van der Waals surface area contributed by atoms with E-state index >= 15 is 0 Å². The molecule has 0 bridgehead atoms. The minimum atomic E-state index is -0.402. The normalized spacial score (nSPS) is 23.6. The quantitative estimate of drug-likeness (QED) is 0.663. The van der Waals surface area contributed by atoms with Gasteiger partial charge in [0.05, 0.1) is 10.6 Å². The molecule has 0 aromatic heterocycles. The summed E-state index contributed by atoms with van der Waals surface area (Å²) in [4.78, 5) is 10.2. The second-order valence-corrected chi connectivity index (χ2v) is 6.45. The molecule has 1 aliphatic carbocycles. The lowest BCUT2D eigenvalue weighted by Crippen LogP contribution is -2.28. The largest absolute Gasteiger partial charge is 0.279 e. The van der Waals surface area contributed by atoms with Crippen LogP contribution in [0.1, 0.15) is 40.0 Å². The molecular formula is C15H21N3O2. The monoisotopic (exact) mass is 275 g/mol. The fourth-order valence-electron chi connectivity index (χ4n) is 3.00. The first-order chi connectivity index (χ1) is 9.35. The Bertz CT molecular complexity index is 520. The molecule has 1 aromatic carbocycles. The maximum Gasteiger partial charge on any atom is 0.269 e. The predicted molar refractivity (Wildman–Crippen MR) is 81.0 cm³/mol. The lowest BCUT2D eigenvalue weighted by atomic mass is 9.72. The molecular weight excluding hydrogens is 254 g/mol. The third-order valence-electron chi connectivity index (χ3n) is 3.59. The molecule has 1 N–H and O–H groups in total. The number of hydrogen-bond acceptors (Lipinski definition) is 4. The number of nitro groups is 1. The smallest absolute Gasteiger partial charge is 0.269 e. The van der Waals surface area contributed by atoms with Crippen LogP contribution in [0.2, 0.25) is 0 Å². The second kappa shape index (κ2) is 5.61. The van der Waals surface area contributed by atoms with Crippen molar-refractivity contribution in [3.63, 3.8) is 0 Å². The molecule has 0 unspecified atom stereocenters.